The Balaban J connectivity index is 0.000000539. The Bertz CT molecular complexity index is 1050. The van der Waals surface area contributed by atoms with Crippen molar-refractivity contribution in [3.63, 3.8) is 0 Å². The van der Waals surface area contributed by atoms with Crippen molar-refractivity contribution in [1.82, 2.24) is 19.5 Å². The fraction of sp³-hybridized carbons (Fsp3) is 0.385. The van der Waals surface area contributed by atoms with Crippen LogP contribution in [0.2, 0.25) is 0 Å². The van der Waals surface area contributed by atoms with Crippen LogP contribution in [0.5, 0.6) is 0 Å². The maximum absolute atomic E-state index is 12.1. The van der Waals surface area contributed by atoms with Gasteiger partial charge < -0.3 is 9.30 Å². The molecule has 34 heavy (non-hydrogen) atoms. The molecule has 0 aromatic carbocycles. The lowest BCUT2D eigenvalue weighted by molar-refractivity contribution is -0.158. The number of carbonyl (C=O) groups excluding carboxylic acids is 2. The molecule has 3 heterocycles. The van der Waals surface area contributed by atoms with Crippen LogP contribution in [-0.4, -0.2) is 31.5 Å². The van der Waals surface area contributed by atoms with Crippen molar-refractivity contribution in [2.45, 2.75) is 61.3 Å². The van der Waals surface area contributed by atoms with Crippen molar-refractivity contribution in [2.24, 2.45) is 7.05 Å². The highest BCUT2D eigenvalue weighted by atomic mass is 16.6. The summed E-state index contributed by atoms with van der Waals surface area (Å²) in [6, 6.07) is 5.59. The number of ether oxygens (including phenoxy) is 1. The summed E-state index contributed by atoms with van der Waals surface area (Å²) in [5.41, 5.74) is 6.96. The fourth-order valence-electron chi connectivity index (χ4n) is 3.45. The third-order valence-electron chi connectivity index (χ3n) is 4.87. The van der Waals surface area contributed by atoms with Crippen LogP contribution < -0.4 is 0 Å². The minimum absolute atomic E-state index is 0.0425. The molecular weight excluding hydrogens is 430 g/mol. The predicted octanol–water partition coefficient (Wildman–Crippen LogP) is 4.13. The number of hydrogen-bond acceptors (Lipinski definition) is 7. The molecule has 8 nitrogen and oxygen atoms in total. The van der Waals surface area contributed by atoms with Gasteiger partial charge in [0.2, 0.25) is 0 Å². The van der Waals surface area contributed by atoms with Crippen molar-refractivity contribution >= 4 is 11.9 Å². The van der Waals surface area contributed by atoms with E-state index in [0.717, 1.165) is 45.0 Å². The molecule has 3 aromatic rings. The molecule has 0 saturated carbocycles. The molecular formula is C26H33N5O3. The Labute approximate surface area is 201 Å². The highest BCUT2D eigenvalue weighted by Crippen LogP contribution is 2.16. The minimum Gasteiger partial charge on any atom is -0.393 e. The molecule has 0 atom stereocenters. The van der Waals surface area contributed by atoms with E-state index in [2.05, 4.69) is 15.0 Å². The molecule has 0 unspecified atom stereocenters. The maximum atomic E-state index is 12.1. The molecule has 3 aromatic heterocycles. The van der Waals surface area contributed by atoms with Gasteiger partial charge in [-0.3, -0.25) is 19.6 Å². The van der Waals surface area contributed by atoms with Gasteiger partial charge in [-0.1, -0.05) is 0 Å². The first-order chi connectivity index (χ1) is 16.0. The molecule has 3 rings (SSSR count). The first kappa shape index (κ1) is 28.2. The molecule has 0 fully saturated rings. The second kappa shape index (κ2) is 13.6. The monoisotopic (exact) mass is 463 g/mol. The minimum atomic E-state index is -0.558. The number of carbonyl (C=O) groups is 2. The summed E-state index contributed by atoms with van der Waals surface area (Å²) in [7, 11) is 1.94. The first-order valence-electron chi connectivity index (χ1n) is 10.8. The fourth-order valence-corrected chi connectivity index (χ4v) is 3.45. The van der Waals surface area contributed by atoms with E-state index >= 15 is 0 Å². The van der Waals surface area contributed by atoms with E-state index < -0.39 is 11.9 Å². The van der Waals surface area contributed by atoms with Crippen LogP contribution in [0.1, 0.15) is 52.0 Å². The zero-order valence-corrected chi connectivity index (χ0v) is 21.3. The number of rotatable bonds is 4. The molecule has 0 N–H and O–H groups in total. The van der Waals surface area contributed by atoms with E-state index in [9.17, 15) is 9.59 Å². The van der Waals surface area contributed by atoms with Crippen LogP contribution in [-0.2, 0) is 34.2 Å². The Kier molecular flexibility index (Phi) is 11.3. The van der Waals surface area contributed by atoms with Crippen molar-refractivity contribution in [2.75, 3.05) is 0 Å². The van der Waals surface area contributed by atoms with Crippen LogP contribution in [0.15, 0.2) is 30.9 Å². The Morgan fingerprint density at radius 1 is 0.912 bits per heavy atom. The van der Waals surface area contributed by atoms with E-state index in [0.29, 0.717) is 0 Å². The third kappa shape index (κ3) is 9.33. The highest BCUT2D eigenvalue weighted by molar-refractivity contribution is 5.88. The van der Waals surface area contributed by atoms with Crippen LogP contribution in [0.3, 0.4) is 0 Å². The average molecular weight is 464 g/mol. The van der Waals surface area contributed by atoms with Crippen molar-refractivity contribution < 1.29 is 14.3 Å². The second-order valence-corrected chi connectivity index (χ2v) is 7.94. The van der Waals surface area contributed by atoms with Crippen LogP contribution >= 0.6 is 0 Å². The molecule has 0 bridgehead atoms. The van der Waals surface area contributed by atoms with Crippen LogP contribution in [0, 0.1) is 52.9 Å². The summed E-state index contributed by atoms with van der Waals surface area (Å²) in [5, 5.41) is 7.32. The standard InChI is InChI=1S/C20H24N2O3.C4H6N2.C2H3N/c1-11-7-13(3)21-15(5)17(11)9-19(23)25-20(24)10-18-12(2)8-14(4)22-16(18)6;1-6-3-2-5-4-6;1-2-3/h7-8H,9-10H2,1-6H3;2-4H,1H3;1H3. The van der Waals surface area contributed by atoms with E-state index in [1.165, 1.54) is 6.92 Å². The Morgan fingerprint density at radius 2 is 1.32 bits per heavy atom. The first-order valence-corrected chi connectivity index (χ1v) is 10.8. The SMILES string of the molecule is CC#N.Cc1cc(C)c(CC(=O)OC(=O)Cc2c(C)cc(C)nc2C)c(C)n1.Cn1ccnc1. The lowest BCUT2D eigenvalue weighted by atomic mass is 10.0. The molecule has 0 radical (unpaired) electrons. The topological polar surface area (TPSA) is 111 Å². The van der Waals surface area contributed by atoms with Gasteiger partial charge in [-0.15, -0.1) is 0 Å². The predicted molar refractivity (Wildman–Crippen MR) is 130 cm³/mol. The smallest absolute Gasteiger partial charge is 0.317 e. The summed E-state index contributed by atoms with van der Waals surface area (Å²) in [5.74, 6) is -1.12. The van der Waals surface area contributed by atoms with Gasteiger partial charge in [0.15, 0.2) is 0 Å². The maximum Gasteiger partial charge on any atom is 0.317 e. The number of aryl methyl sites for hydroxylation is 7. The number of nitriles is 1. The zero-order valence-electron chi connectivity index (χ0n) is 21.3. The summed E-state index contributed by atoms with van der Waals surface area (Å²) in [4.78, 5) is 36.8. The summed E-state index contributed by atoms with van der Waals surface area (Å²) < 4.78 is 6.89. The van der Waals surface area contributed by atoms with Crippen molar-refractivity contribution in [3.05, 3.63) is 75.9 Å². The largest absolute Gasteiger partial charge is 0.393 e. The number of nitrogens with zero attached hydrogens (tertiary/aromatic N) is 5. The molecule has 0 spiro atoms. The normalized spacial score (nSPS) is 9.62. The van der Waals surface area contributed by atoms with Gasteiger partial charge in [0.25, 0.3) is 0 Å². The van der Waals surface area contributed by atoms with Gasteiger partial charge in [-0.05, 0) is 75.9 Å². The van der Waals surface area contributed by atoms with Gasteiger partial charge in [0, 0.05) is 49.1 Å². The highest BCUT2D eigenvalue weighted by Gasteiger charge is 2.17. The Hall–Kier alpha value is -3.86. The number of imidazole rings is 1. The molecule has 0 aliphatic rings. The molecule has 0 aliphatic heterocycles. The molecule has 0 saturated heterocycles. The van der Waals surface area contributed by atoms with Gasteiger partial charge in [-0.2, -0.15) is 5.26 Å². The van der Waals surface area contributed by atoms with Gasteiger partial charge in [-0.25, -0.2) is 4.98 Å². The molecule has 0 aliphatic carbocycles. The molecule has 180 valence electrons. The lowest BCUT2D eigenvalue weighted by Crippen LogP contribution is -2.18. The van der Waals surface area contributed by atoms with Crippen molar-refractivity contribution in [3.8, 4) is 6.07 Å². The Morgan fingerprint density at radius 3 is 1.59 bits per heavy atom. The number of pyridine rings is 2. The summed E-state index contributed by atoms with van der Waals surface area (Å²) in [6.07, 6.45) is 5.47. The quantitative estimate of drug-likeness (QED) is 0.422. The number of esters is 2. The zero-order chi connectivity index (χ0) is 25.8. The number of aromatic nitrogens is 4. The van der Waals surface area contributed by atoms with Crippen LogP contribution in [0.25, 0.3) is 0 Å². The van der Waals surface area contributed by atoms with Crippen molar-refractivity contribution in [1.29, 1.82) is 5.26 Å². The van der Waals surface area contributed by atoms with Gasteiger partial charge >= 0.3 is 11.9 Å². The molecule has 8 heteroatoms. The van der Waals surface area contributed by atoms with E-state index in [1.807, 2.05) is 71.5 Å². The summed E-state index contributed by atoms with van der Waals surface area (Å²) >= 11 is 0. The second-order valence-electron chi connectivity index (χ2n) is 7.94. The van der Waals surface area contributed by atoms with E-state index in [1.54, 1.807) is 18.6 Å². The van der Waals surface area contributed by atoms with Gasteiger partial charge in [0.1, 0.15) is 0 Å². The lowest BCUT2D eigenvalue weighted by Gasteiger charge is -2.11. The molecule has 0 amide bonds. The number of hydrogen-bond donors (Lipinski definition) is 0. The van der Waals surface area contributed by atoms with E-state index in [-0.39, 0.29) is 12.8 Å². The van der Waals surface area contributed by atoms with Crippen LogP contribution in [0.4, 0.5) is 0 Å². The van der Waals surface area contributed by atoms with E-state index in [4.69, 9.17) is 10.00 Å². The van der Waals surface area contributed by atoms with Gasteiger partial charge in [0.05, 0.1) is 25.2 Å². The third-order valence-corrected chi connectivity index (χ3v) is 4.87. The average Bonchev–Trinajstić information content (AvgIpc) is 3.19. The summed E-state index contributed by atoms with van der Waals surface area (Å²) in [6.45, 7) is 12.8.